The highest BCUT2D eigenvalue weighted by Gasteiger charge is 2.40. The van der Waals surface area contributed by atoms with Crippen molar-refractivity contribution in [3.63, 3.8) is 0 Å². The van der Waals surface area contributed by atoms with Crippen molar-refractivity contribution in [2.45, 2.75) is 69.4 Å². The molecule has 3 N–H and O–H groups in total. The van der Waals surface area contributed by atoms with Crippen molar-refractivity contribution in [2.75, 3.05) is 45.8 Å². The largest absolute Gasteiger partial charge is 0.490 e. The number of likely N-dealkylation sites (tertiary alicyclic amines) is 1. The molecule has 2 saturated heterocycles. The zero-order chi connectivity index (χ0) is 44.5. The Bertz CT molecular complexity index is 2090. The molecule has 2 fully saturated rings. The molecule has 5 rings (SSSR count). The van der Waals surface area contributed by atoms with Gasteiger partial charge in [0.25, 0.3) is 0 Å². The van der Waals surface area contributed by atoms with Gasteiger partial charge in [-0.3, -0.25) is 14.5 Å². The molecule has 0 atom stereocenters. The molecular formula is C36H41Cl2F6N5O9S. The SMILES string of the molecule is Cc1ccc2cccc(OCc3c(Cl)ccc(S(=O)(=O)NC(C)(C)C(=O)N4CCN(C(=O)CN5CCCCC5)CC4)c3Cl)c2n1.O=C(O)C(F)(F)F.O=C(O)C(F)(F)F. The van der Waals surface area contributed by atoms with Gasteiger partial charge in [-0.2, -0.15) is 31.1 Å². The van der Waals surface area contributed by atoms with Crippen molar-refractivity contribution in [1.82, 2.24) is 24.4 Å². The zero-order valence-electron chi connectivity index (χ0n) is 31.8. The van der Waals surface area contributed by atoms with E-state index in [1.165, 1.54) is 32.4 Å². The molecule has 14 nitrogen and oxygen atoms in total. The molecule has 326 valence electrons. The van der Waals surface area contributed by atoms with E-state index in [0.717, 1.165) is 37.0 Å². The quantitative estimate of drug-likeness (QED) is 0.217. The fraction of sp³-hybridized carbons (Fsp3) is 0.472. The maximum atomic E-state index is 13.6. The number of pyridine rings is 1. The topological polar surface area (TPSA) is 187 Å². The van der Waals surface area contributed by atoms with Crippen molar-refractivity contribution in [1.29, 1.82) is 0 Å². The Labute approximate surface area is 345 Å². The van der Waals surface area contributed by atoms with Crippen molar-refractivity contribution in [3.8, 4) is 5.75 Å². The summed E-state index contributed by atoms with van der Waals surface area (Å²) in [6.45, 7) is 8.54. The van der Waals surface area contributed by atoms with Gasteiger partial charge in [0.15, 0.2) is 0 Å². The Hall–Kier alpha value is -4.44. The van der Waals surface area contributed by atoms with Crippen LogP contribution < -0.4 is 9.46 Å². The van der Waals surface area contributed by atoms with E-state index in [2.05, 4.69) is 14.6 Å². The van der Waals surface area contributed by atoms with Crippen LogP contribution in [0, 0.1) is 6.92 Å². The third-order valence-corrected chi connectivity index (χ3v) is 11.4. The number of ether oxygens (including phenoxy) is 1. The van der Waals surface area contributed by atoms with Crippen molar-refractivity contribution in [2.24, 2.45) is 0 Å². The van der Waals surface area contributed by atoms with Crippen LogP contribution >= 0.6 is 23.2 Å². The lowest BCUT2D eigenvalue weighted by molar-refractivity contribution is -0.193. The number of alkyl halides is 6. The number of aryl methyl sites for hydroxylation is 1. The monoisotopic (exact) mass is 903 g/mol. The Morgan fingerprint density at radius 3 is 1.90 bits per heavy atom. The summed E-state index contributed by atoms with van der Waals surface area (Å²) in [7, 11) is -4.26. The number of aliphatic carboxylic acids is 2. The molecule has 0 spiro atoms. The molecular weight excluding hydrogens is 863 g/mol. The second-order valence-electron chi connectivity index (χ2n) is 13.8. The van der Waals surface area contributed by atoms with E-state index in [1.54, 1.807) is 15.9 Å². The predicted molar refractivity (Wildman–Crippen MR) is 203 cm³/mol. The number of carbonyl (C=O) groups excluding carboxylic acids is 2. The number of hydrogen-bond acceptors (Lipinski definition) is 9. The number of carboxylic acid groups (broad SMARTS) is 2. The van der Waals surface area contributed by atoms with E-state index in [9.17, 15) is 44.3 Å². The molecule has 0 aliphatic carbocycles. The number of halogens is 8. The van der Waals surface area contributed by atoms with Gasteiger partial charge in [0.1, 0.15) is 28.3 Å². The molecule has 2 aromatic carbocycles. The first-order valence-corrected chi connectivity index (χ1v) is 19.9. The fourth-order valence-electron chi connectivity index (χ4n) is 5.80. The molecule has 59 heavy (non-hydrogen) atoms. The van der Waals surface area contributed by atoms with Gasteiger partial charge < -0.3 is 24.7 Å². The number of carbonyl (C=O) groups is 4. The van der Waals surface area contributed by atoms with E-state index in [0.29, 0.717) is 49.6 Å². The first-order valence-electron chi connectivity index (χ1n) is 17.6. The van der Waals surface area contributed by atoms with Crippen LogP contribution in [-0.4, -0.2) is 126 Å². The van der Waals surface area contributed by atoms with Gasteiger partial charge in [0.2, 0.25) is 21.8 Å². The predicted octanol–water partition coefficient (Wildman–Crippen LogP) is 5.91. The van der Waals surface area contributed by atoms with Crippen LogP contribution in [0.25, 0.3) is 10.9 Å². The van der Waals surface area contributed by atoms with Gasteiger partial charge in [0, 0.05) is 47.8 Å². The smallest absolute Gasteiger partial charge is 0.487 e. The second kappa shape index (κ2) is 20.2. The van der Waals surface area contributed by atoms with Crippen LogP contribution in [0.2, 0.25) is 10.0 Å². The standard InChI is InChI=1S/C32H39Cl2N5O5S.2C2HF3O2/c1-22-10-11-23-8-7-9-26(30(23)35-22)44-21-24-25(33)12-13-27(29(24)34)45(42,43)36-32(2,3)31(41)39-18-16-38(17-19-39)28(40)20-37-14-5-4-6-15-37;2*3-2(4,5)1(6)7/h7-13,36H,4-6,14-21H2,1-3H3;2*(H,6,7). The maximum absolute atomic E-state index is 13.6. The second-order valence-corrected chi connectivity index (χ2v) is 16.2. The van der Waals surface area contributed by atoms with Crippen LogP contribution in [0.4, 0.5) is 26.3 Å². The summed E-state index contributed by atoms with van der Waals surface area (Å²) in [6.07, 6.45) is -6.74. The molecule has 3 heterocycles. The third-order valence-electron chi connectivity index (χ3n) is 8.77. The Morgan fingerprint density at radius 1 is 0.814 bits per heavy atom. The minimum Gasteiger partial charge on any atom is -0.487 e. The van der Waals surface area contributed by atoms with Gasteiger partial charge in [-0.05, 0) is 71.0 Å². The number of piperazine rings is 1. The highest BCUT2D eigenvalue weighted by atomic mass is 35.5. The Morgan fingerprint density at radius 2 is 1.36 bits per heavy atom. The van der Waals surface area contributed by atoms with Crippen LogP contribution in [0.1, 0.15) is 44.4 Å². The number of nitrogens with zero attached hydrogens (tertiary/aromatic N) is 4. The van der Waals surface area contributed by atoms with Crippen LogP contribution in [0.3, 0.4) is 0 Å². The summed E-state index contributed by atoms with van der Waals surface area (Å²) in [6, 6.07) is 12.2. The molecule has 0 unspecified atom stereocenters. The van der Waals surface area contributed by atoms with Crippen molar-refractivity contribution >= 4 is 67.9 Å². The number of para-hydroxylation sites is 1. The van der Waals surface area contributed by atoms with E-state index in [4.69, 9.17) is 47.7 Å². The Balaban J connectivity index is 0.000000569. The van der Waals surface area contributed by atoms with Gasteiger partial charge >= 0.3 is 24.3 Å². The van der Waals surface area contributed by atoms with Gasteiger partial charge in [-0.25, -0.2) is 23.0 Å². The van der Waals surface area contributed by atoms with E-state index < -0.39 is 39.9 Å². The van der Waals surface area contributed by atoms with Crippen molar-refractivity contribution < 1.29 is 68.9 Å². The summed E-state index contributed by atoms with van der Waals surface area (Å²) < 4.78 is 99.3. The average Bonchev–Trinajstić information content (AvgIpc) is 3.14. The summed E-state index contributed by atoms with van der Waals surface area (Å²) in [5.41, 5.74) is 0.308. The molecule has 2 aliphatic heterocycles. The van der Waals surface area contributed by atoms with Gasteiger partial charge in [-0.15, -0.1) is 0 Å². The highest BCUT2D eigenvalue weighted by molar-refractivity contribution is 7.89. The first-order chi connectivity index (χ1) is 27.2. The lowest BCUT2D eigenvalue weighted by atomic mass is 10.0. The molecule has 1 aromatic heterocycles. The van der Waals surface area contributed by atoms with E-state index in [-0.39, 0.29) is 33.4 Å². The average molecular weight is 905 g/mol. The fourth-order valence-corrected chi connectivity index (χ4v) is 8.06. The number of aromatic nitrogens is 1. The lowest BCUT2D eigenvalue weighted by Gasteiger charge is -2.39. The minimum atomic E-state index is -5.08. The molecule has 23 heteroatoms. The number of nitrogens with one attached hydrogen (secondary N) is 1. The van der Waals surface area contributed by atoms with Crippen LogP contribution in [0.15, 0.2) is 47.4 Å². The summed E-state index contributed by atoms with van der Waals surface area (Å²) in [5.74, 6) is -5.33. The molecule has 0 radical (unpaired) electrons. The van der Waals surface area contributed by atoms with E-state index >= 15 is 0 Å². The number of fused-ring (bicyclic) bond motifs is 1. The third kappa shape index (κ3) is 14.1. The molecule has 2 amide bonds. The number of sulfonamides is 1. The molecule has 2 aliphatic rings. The molecule has 3 aromatic rings. The normalized spacial score (nSPS) is 15.4. The van der Waals surface area contributed by atoms with E-state index in [1.807, 2.05) is 31.2 Å². The van der Waals surface area contributed by atoms with Crippen molar-refractivity contribution in [3.05, 3.63) is 63.8 Å². The number of hydrogen-bond donors (Lipinski definition) is 3. The van der Waals surface area contributed by atoms with Crippen LogP contribution in [-0.2, 0) is 35.8 Å². The highest BCUT2D eigenvalue weighted by Crippen LogP contribution is 2.34. The summed E-state index contributed by atoms with van der Waals surface area (Å²) in [4.78, 5) is 54.0. The number of piperidine rings is 1. The number of amides is 2. The van der Waals surface area contributed by atoms with Gasteiger partial charge in [-0.1, -0.05) is 47.8 Å². The molecule has 0 bridgehead atoms. The zero-order valence-corrected chi connectivity index (χ0v) is 34.1. The summed E-state index contributed by atoms with van der Waals surface area (Å²) in [5, 5.41) is 15.3. The Kier molecular flexibility index (Phi) is 16.8. The number of carboxylic acids is 2. The van der Waals surface area contributed by atoms with Gasteiger partial charge in [0.05, 0.1) is 11.6 Å². The van der Waals surface area contributed by atoms with Crippen LogP contribution in [0.5, 0.6) is 5.75 Å². The lowest BCUT2D eigenvalue weighted by Crippen LogP contribution is -2.60. The minimum absolute atomic E-state index is 0.0629. The number of rotatable bonds is 9. The summed E-state index contributed by atoms with van der Waals surface area (Å²) >= 11 is 13.1. The molecule has 0 saturated carbocycles. The maximum Gasteiger partial charge on any atom is 0.490 e. The number of benzene rings is 2. The first kappa shape index (κ1) is 48.9.